The van der Waals surface area contributed by atoms with Gasteiger partial charge in [0.2, 0.25) is 23.6 Å². The Hall–Kier alpha value is -5.62. The Morgan fingerprint density at radius 2 is 0.542 bits per heavy atom. The molecule has 2 heterocycles. The molecular formula is C42H28N2O4. The van der Waals surface area contributed by atoms with Crippen LogP contribution in [0.25, 0.3) is 0 Å². The number of benzene rings is 5. The topological polar surface area (TPSA) is 74.8 Å². The molecule has 8 aliphatic rings. The van der Waals surface area contributed by atoms with Crippen LogP contribution >= 0.6 is 0 Å². The van der Waals surface area contributed by atoms with Crippen LogP contribution in [0.15, 0.2) is 121 Å². The number of amides is 4. The van der Waals surface area contributed by atoms with Gasteiger partial charge in [0.1, 0.15) is 0 Å². The summed E-state index contributed by atoms with van der Waals surface area (Å²) in [6, 6.07) is 39.7. The lowest BCUT2D eigenvalue weighted by Gasteiger charge is -2.45. The van der Waals surface area contributed by atoms with Crippen LogP contribution in [0.1, 0.15) is 68.2 Å². The lowest BCUT2D eigenvalue weighted by molar-refractivity contribution is -0.124. The molecule has 4 amide bonds. The fourth-order valence-electron chi connectivity index (χ4n) is 10.6. The molecule has 230 valence electrons. The van der Waals surface area contributed by atoms with Gasteiger partial charge < -0.3 is 0 Å². The van der Waals surface area contributed by atoms with E-state index in [1.165, 1.54) is 9.80 Å². The third-order valence-corrected chi connectivity index (χ3v) is 12.2. The molecule has 0 aromatic heterocycles. The average Bonchev–Trinajstić information content (AvgIpc) is 3.56. The fourth-order valence-corrected chi connectivity index (χ4v) is 10.6. The van der Waals surface area contributed by atoms with E-state index in [1.807, 2.05) is 48.5 Å². The molecule has 2 fully saturated rings. The minimum atomic E-state index is -0.512. The SMILES string of the molecule is O=C1[C@@H]2C3c4ccccc4C(c4ccccc43)[C@H]2C(=O)N1c1cccc(N2C(=O)[C@@H]3C4c5ccccc5C(c5ccccc54)[C@H]3C2=O)c1. The maximum atomic E-state index is 14.4. The molecule has 13 rings (SSSR count). The Balaban J connectivity index is 0.992. The molecule has 6 heteroatoms. The standard InChI is InChI=1S/C42H28N2O4/c45-39-35-31-23-12-1-2-13-24(23)32(26-15-4-3-14-25(26)31)36(35)40(46)43(39)21-10-9-11-22(20-21)44-41(47)37-33-27-16-5-6-17-28(27)34(38(37)42(44)48)30-19-8-7-18-29(30)33/h1-20,31-38H/t31?,32?,33?,34?,35-,36-,37-,38-/m1/s1. The van der Waals surface area contributed by atoms with Crippen LogP contribution < -0.4 is 9.80 Å². The highest BCUT2D eigenvalue weighted by Crippen LogP contribution is 2.63. The highest BCUT2D eigenvalue weighted by molar-refractivity contribution is 6.25. The highest BCUT2D eigenvalue weighted by atomic mass is 16.2. The predicted molar refractivity (Wildman–Crippen MR) is 179 cm³/mol. The van der Waals surface area contributed by atoms with E-state index in [9.17, 15) is 19.2 Å². The van der Waals surface area contributed by atoms with E-state index in [4.69, 9.17) is 0 Å². The average molecular weight is 625 g/mol. The van der Waals surface area contributed by atoms with Crippen LogP contribution in [0.4, 0.5) is 11.4 Å². The van der Waals surface area contributed by atoms with Crippen molar-refractivity contribution in [2.24, 2.45) is 23.7 Å². The summed E-state index contributed by atoms with van der Waals surface area (Å²) in [7, 11) is 0. The second kappa shape index (κ2) is 9.04. The van der Waals surface area contributed by atoms with Gasteiger partial charge in [0.05, 0.1) is 35.0 Å². The predicted octanol–water partition coefficient (Wildman–Crippen LogP) is 6.48. The van der Waals surface area contributed by atoms with E-state index >= 15 is 0 Å². The van der Waals surface area contributed by atoms with Crippen molar-refractivity contribution in [2.45, 2.75) is 23.7 Å². The first-order valence-corrected chi connectivity index (χ1v) is 16.8. The van der Waals surface area contributed by atoms with Gasteiger partial charge in [0.15, 0.2) is 0 Å². The first-order valence-electron chi connectivity index (χ1n) is 16.8. The zero-order valence-electron chi connectivity index (χ0n) is 25.7. The normalized spacial score (nSPS) is 29.8. The Bertz CT molecular complexity index is 1940. The summed E-state index contributed by atoms with van der Waals surface area (Å²) in [5.41, 5.74) is 9.73. The van der Waals surface area contributed by atoms with Crippen LogP contribution in [-0.2, 0) is 19.2 Å². The molecule has 6 nitrogen and oxygen atoms in total. The number of imide groups is 2. The highest BCUT2D eigenvalue weighted by Gasteiger charge is 2.63. The number of carbonyl (C=O) groups excluding carboxylic acids is 4. The van der Waals surface area contributed by atoms with Gasteiger partial charge in [-0.15, -0.1) is 0 Å². The van der Waals surface area contributed by atoms with Crippen molar-refractivity contribution in [3.05, 3.63) is 166 Å². The summed E-state index contributed by atoms with van der Waals surface area (Å²) in [6.45, 7) is 0. The van der Waals surface area contributed by atoms with E-state index < -0.39 is 23.7 Å². The second-order valence-corrected chi connectivity index (χ2v) is 14.1. The van der Waals surface area contributed by atoms with Crippen LogP contribution in [0.3, 0.4) is 0 Å². The van der Waals surface area contributed by atoms with Crippen molar-refractivity contribution in [2.75, 3.05) is 9.80 Å². The van der Waals surface area contributed by atoms with E-state index in [2.05, 4.69) is 48.5 Å². The van der Waals surface area contributed by atoms with Gasteiger partial charge in [0, 0.05) is 23.7 Å². The van der Waals surface area contributed by atoms with Crippen molar-refractivity contribution in [1.82, 2.24) is 0 Å². The number of rotatable bonds is 2. The summed E-state index contributed by atoms with van der Waals surface area (Å²) >= 11 is 0. The lowest BCUT2D eigenvalue weighted by atomic mass is 9.55. The maximum Gasteiger partial charge on any atom is 0.238 e. The Morgan fingerprint density at radius 3 is 0.771 bits per heavy atom. The van der Waals surface area contributed by atoms with E-state index in [0.29, 0.717) is 11.4 Å². The molecule has 48 heavy (non-hydrogen) atoms. The van der Waals surface area contributed by atoms with Crippen molar-refractivity contribution in [3.63, 3.8) is 0 Å². The van der Waals surface area contributed by atoms with Crippen molar-refractivity contribution < 1.29 is 19.2 Å². The van der Waals surface area contributed by atoms with Gasteiger partial charge in [-0.25, -0.2) is 9.80 Å². The van der Waals surface area contributed by atoms with Crippen molar-refractivity contribution in [3.8, 4) is 0 Å². The summed E-state index contributed by atoms with van der Waals surface area (Å²) in [4.78, 5) is 60.4. The van der Waals surface area contributed by atoms with Gasteiger partial charge in [-0.05, 0) is 62.7 Å². The zero-order chi connectivity index (χ0) is 32.0. The summed E-state index contributed by atoms with van der Waals surface area (Å²) in [5, 5.41) is 0. The molecule has 5 aromatic rings. The number of carbonyl (C=O) groups is 4. The van der Waals surface area contributed by atoms with Crippen molar-refractivity contribution >= 4 is 35.0 Å². The molecule has 0 radical (unpaired) electrons. The summed E-state index contributed by atoms with van der Waals surface area (Å²) < 4.78 is 0. The third kappa shape index (κ3) is 3.00. The first kappa shape index (κ1) is 26.4. The van der Waals surface area contributed by atoms with Crippen LogP contribution in [0.5, 0.6) is 0 Å². The second-order valence-electron chi connectivity index (χ2n) is 14.1. The lowest BCUT2D eigenvalue weighted by Crippen LogP contribution is -2.41. The van der Waals surface area contributed by atoms with Gasteiger partial charge in [-0.2, -0.15) is 0 Å². The third-order valence-electron chi connectivity index (χ3n) is 12.2. The molecule has 4 bridgehead atoms. The Labute approximate surface area is 276 Å². The minimum Gasteiger partial charge on any atom is -0.274 e. The van der Waals surface area contributed by atoms with Crippen LogP contribution in [0.2, 0.25) is 0 Å². The van der Waals surface area contributed by atoms with Crippen LogP contribution in [-0.4, -0.2) is 23.6 Å². The molecule has 0 saturated carbocycles. The maximum absolute atomic E-state index is 14.4. The molecule has 0 unspecified atom stereocenters. The minimum absolute atomic E-state index is 0.208. The summed E-state index contributed by atoms with van der Waals surface area (Å²) in [6.07, 6.45) is 0. The largest absolute Gasteiger partial charge is 0.274 e. The summed E-state index contributed by atoms with van der Waals surface area (Å²) in [5.74, 6) is -3.78. The van der Waals surface area contributed by atoms with Gasteiger partial charge in [0.25, 0.3) is 0 Å². The van der Waals surface area contributed by atoms with E-state index in [1.54, 1.807) is 24.3 Å². The van der Waals surface area contributed by atoms with Gasteiger partial charge in [-0.1, -0.05) is 103 Å². The monoisotopic (exact) mass is 624 g/mol. The smallest absolute Gasteiger partial charge is 0.238 e. The van der Waals surface area contributed by atoms with Gasteiger partial charge >= 0.3 is 0 Å². The van der Waals surface area contributed by atoms with Gasteiger partial charge in [-0.3, -0.25) is 19.2 Å². The molecule has 6 aliphatic carbocycles. The molecule has 0 N–H and O–H groups in total. The number of hydrogen-bond acceptors (Lipinski definition) is 4. The number of hydrogen-bond donors (Lipinski definition) is 0. The quantitative estimate of drug-likeness (QED) is 0.211. The molecule has 4 atom stereocenters. The molecule has 2 aliphatic heterocycles. The van der Waals surface area contributed by atoms with Crippen molar-refractivity contribution in [1.29, 1.82) is 0 Å². The van der Waals surface area contributed by atoms with Crippen LogP contribution in [0, 0.1) is 23.7 Å². The number of nitrogens with zero attached hydrogens (tertiary/aromatic N) is 2. The van der Waals surface area contributed by atoms with E-state index in [-0.39, 0.29) is 47.3 Å². The molecule has 2 saturated heterocycles. The van der Waals surface area contributed by atoms with E-state index in [0.717, 1.165) is 44.5 Å². The zero-order valence-corrected chi connectivity index (χ0v) is 25.7. The Kier molecular flexibility index (Phi) is 4.98. The molecule has 0 spiro atoms. The Morgan fingerprint density at radius 1 is 0.312 bits per heavy atom. The molecular weight excluding hydrogens is 596 g/mol. The number of anilines is 2. The molecule has 5 aromatic carbocycles. The fraction of sp³-hybridized carbons (Fsp3) is 0.190. The first-order chi connectivity index (χ1) is 23.5.